The smallest absolute Gasteiger partial charge is 0.235 e. The third-order valence-corrected chi connectivity index (χ3v) is 6.26. The van der Waals surface area contributed by atoms with E-state index in [1.165, 1.54) is 0 Å². The molecule has 3 rings (SSSR count). The van der Waals surface area contributed by atoms with Crippen LogP contribution in [0.3, 0.4) is 0 Å². The lowest BCUT2D eigenvalue weighted by atomic mass is 9.97. The van der Waals surface area contributed by atoms with Gasteiger partial charge in [-0.15, -0.1) is 0 Å². The zero-order valence-electron chi connectivity index (χ0n) is 16.1. The first-order valence-electron chi connectivity index (χ1n) is 9.36. The van der Waals surface area contributed by atoms with E-state index in [-0.39, 0.29) is 0 Å². The standard InChI is InChI=1S/C21H22N6OS/c1-2-15-16(9-23)20(27-11-13(8-22)12-27)26-21(17(15)10-24)29-18(19(25)28)14-6-4-3-5-7-14/h3-7,13,18H,2,8,11-12,22H2,1H3,(H2,25,28). The second-order valence-electron chi connectivity index (χ2n) is 6.86. The van der Waals surface area contributed by atoms with Crippen molar-refractivity contribution >= 4 is 23.5 Å². The van der Waals surface area contributed by atoms with Crippen LogP contribution in [0, 0.1) is 28.6 Å². The first-order chi connectivity index (χ1) is 14.0. The van der Waals surface area contributed by atoms with Crippen molar-refractivity contribution in [3.8, 4) is 12.1 Å². The molecular weight excluding hydrogens is 384 g/mol. The van der Waals surface area contributed by atoms with Gasteiger partial charge in [-0.05, 0) is 24.1 Å². The van der Waals surface area contributed by atoms with Gasteiger partial charge in [-0.3, -0.25) is 4.79 Å². The molecule has 2 heterocycles. The Kier molecular flexibility index (Phi) is 6.38. The highest BCUT2D eigenvalue weighted by atomic mass is 32.2. The number of nitrogens with zero attached hydrogens (tertiary/aromatic N) is 4. The average molecular weight is 407 g/mol. The van der Waals surface area contributed by atoms with Crippen LogP contribution in [0.25, 0.3) is 0 Å². The van der Waals surface area contributed by atoms with Crippen LogP contribution >= 0.6 is 11.8 Å². The van der Waals surface area contributed by atoms with Crippen LogP contribution in [-0.4, -0.2) is 30.5 Å². The van der Waals surface area contributed by atoms with Gasteiger partial charge >= 0.3 is 0 Å². The number of amides is 1. The number of benzene rings is 1. The predicted octanol–water partition coefficient (Wildman–Crippen LogP) is 2.10. The number of primary amides is 1. The number of nitrogens with two attached hydrogens (primary N) is 2. The number of hydrogen-bond acceptors (Lipinski definition) is 7. The number of carbonyl (C=O) groups is 1. The van der Waals surface area contributed by atoms with E-state index < -0.39 is 11.2 Å². The molecular formula is C21H22N6OS. The summed E-state index contributed by atoms with van der Waals surface area (Å²) in [4.78, 5) is 18.8. The molecule has 1 saturated heterocycles. The zero-order chi connectivity index (χ0) is 21.0. The fourth-order valence-electron chi connectivity index (χ4n) is 3.42. The first kappa shape index (κ1) is 20.7. The Morgan fingerprint density at radius 2 is 1.93 bits per heavy atom. The predicted molar refractivity (Wildman–Crippen MR) is 112 cm³/mol. The maximum absolute atomic E-state index is 12.2. The number of pyridine rings is 1. The lowest BCUT2D eigenvalue weighted by molar-refractivity contribution is -0.117. The van der Waals surface area contributed by atoms with Crippen molar-refractivity contribution in [3.05, 3.63) is 52.6 Å². The van der Waals surface area contributed by atoms with Gasteiger partial charge in [0, 0.05) is 19.0 Å². The minimum absolute atomic E-state index is 0.330. The molecule has 148 valence electrons. The van der Waals surface area contributed by atoms with Gasteiger partial charge in [0.05, 0.1) is 11.1 Å². The minimum Gasteiger partial charge on any atom is -0.368 e. The van der Waals surface area contributed by atoms with Crippen molar-refractivity contribution in [2.75, 3.05) is 24.5 Å². The van der Waals surface area contributed by atoms with Gasteiger partial charge in [-0.2, -0.15) is 10.5 Å². The van der Waals surface area contributed by atoms with Gasteiger partial charge in [0.25, 0.3) is 0 Å². The summed E-state index contributed by atoms with van der Waals surface area (Å²) in [6.45, 7) is 3.91. The molecule has 2 aromatic rings. The summed E-state index contributed by atoms with van der Waals surface area (Å²) in [6.07, 6.45) is 0.510. The van der Waals surface area contributed by atoms with E-state index in [0.717, 1.165) is 30.4 Å². The Bertz CT molecular complexity index is 989. The van der Waals surface area contributed by atoms with Crippen molar-refractivity contribution < 1.29 is 4.79 Å². The van der Waals surface area contributed by atoms with Gasteiger partial charge < -0.3 is 16.4 Å². The molecule has 29 heavy (non-hydrogen) atoms. The molecule has 8 heteroatoms. The van der Waals surface area contributed by atoms with Crippen LogP contribution in [0.2, 0.25) is 0 Å². The van der Waals surface area contributed by atoms with E-state index in [0.29, 0.717) is 46.4 Å². The molecule has 1 unspecified atom stereocenters. The average Bonchev–Trinajstić information content (AvgIpc) is 2.70. The Balaban J connectivity index is 2.09. The number of rotatable bonds is 7. The monoisotopic (exact) mass is 406 g/mol. The maximum Gasteiger partial charge on any atom is 0.235 e. The normalized spacial score (nSPS) is 14.6. The SMILES string of the molecule is CCc1c(C#N)c(SC(C(N)=O)c2ccccc2)nc(N2CC(CN)C2)c1C#N. The summed E-state index contributed by atoms with van der Waals surface area (Å²) in [5.41, 5.74) is 13.5. The van der Waals surface area contributed by atoms with Gasteiger partial charge in [0.15, 0.2) is 0 Å². The topological polar surface area (TPSA) is 133 Å². The van der Waals surface area contributed by atoms with Crippen LogP contribution in [-0.2, 0) is 11.2 Å². The summed E-state index contributed by atoms with van der Waals surface area (Å²) >= 11 is 1.15. The molecule has 1 aliphatic rings. The molecule has 1 fully saturated rings. The van der Waals surface area contributed by atoms with Gasteiger partial charge in [-0.1, -0.05) is 49.0 Å². The highest BCUT2D eigenvalue weighted by Crippen LogP contribution is 2.40. The lowest BCUT2D eigenvalue weighted by Gasteiger charge is -2.40. The molecule has 0 bridgehead atoms. The van der Waals surface area contributed by atoms with Crippen molar-refractivity contribution in [1.82, 2.24) is 4.98 Å². The van der Waals surface area contributed by atoms with Gasteiger partial charge in [0.1, 0.15) is 28.2 Å². The van der Waals surface area contributed by atoms with Gasteiger partial charge in [-0.25, -0.2) is 4.98 Å². The van der Waals surface area contributed by atoms with E-state index in [9.17, 15) is 15.3 Å². The summed E-state index contributed by atoms with van der Waals surface area (Å²) in [5.74, 6) is 0.401. The fourth-order valence-corrected chi connectivity index (χ4v) is 4.48. The second kappa shape index (κ2) is 8.95. The number of nitriles is 2. The van der Waals surface area contributed by atoms with E-state index in [4.69, 9.17) is 11.5 Å². The number of anilines is 1. The second-order valence-corrected chi connectivity index (χ2v) is 7.96. The van der Waals surface area contributed by atoms with E-state index in [2.05, 4.69) is 17.1 Å². The van der Waals surface area contributed by atoms with Crippen molar-refractivity contribution in [2.45, 2.75) is 23.6 Å². The molecule has 0 aliphatic carbocycles. The Morgan fingerprint density at radius 3 is 2.45 bits per heavy atom. The van der Waals surface area contributed by atoms with Crippen molar-refractivity contribution in [1.29, 1.82) is 10.5 Å². The quantitative estimate of drug-likeness (QED) is 0.673. The van der Waals surface area contributed by atoms with Crippen LogP contribution in [0.5, 0.6) is 0 Å². The van der Waals surface area contributed by atoms with Crippen LogP contribution in [0.15, 0.2) is 35.4 Å². The molecule has 1 amide bonds. The maximum atomic E-state index is 12.2. The van der Waals surface area contributed by atoms with Crippen LogP contribution in [0.1, 0.15) is 34.4 Å². The molecule has 0 radical (unpaired) electrons. The molecule has 1 aromatic heterocycles. The van der Waals surface area contributed by atoms with Crippen LogP contribution < -0.4 is 16.4 Å². The summed E-state index contributed by atoms with van der Waals surface area (Å²) in [5, 5.41) is 19.3. The number of aromatic nitrogens is 1. The van der Waals surface area contributed by atoms with Crippen LogP contribution in [0.4, 0.5) is 5.82 Å². The highest BCUT2D eigenvalue weighted by Gasteiger charge is 2.32. The third-order valence-electron chi connectivity index (χ3n) is 5.01. The Labute approximate surface area is 174 Å². The third kappa shape index (κ3) is 4.04. The lowest BCUT2D eigenvalue weighted by Crippen LogP contribution is -2.50. The molecule has 7 nitrogen and oxygen atoms in total. The summed E-state index contributed by atoms with van der Waals surface area (Å²) in [6, 6.07) is 13.6. The summed E-state index contributed by atoms with van der Waals surface area (Å²) < 4.78 is 0. The van der Waals surface area contributed by atoms with Gasteiger partial charge in [0.2, 0.25) is 5.91 Å². The van der Waals surface area contributed by atoms with Crippen molar-refractivity contribution in [3.63, 3.8) is 0 Å². The highest BCUT2D eigenvalue weighted by molar-refractivity contribution is 8.00. The zero-order valence-corrected chi connectivity index (χ0v) is 16.9. The number of hydrogen-bond donors (Lipinski definition) is 2. The molecule has 0 spiro atoms. The Morgan fingerprint density at radius 1 is 1.28 bits per heavy atom. The minimum atomic E-state index is -0.686. The van der Waals surface area contributed by atoms with E-state index in [1.807, 2.05) is 42.2 Å². The number of carbonyl (C=O) groups excluding carboxylic acids is 1. The molecule has 0 saturated carbocycles. The molecule has 1 atom stereocenters. The summed E-state index contributed by atoms with van der Waals surface area (Å²) in [7, 11) is 0. The molecule has 1 aromatic carbocycles. The Hall–Kier alpha value is -3.07. The fraction of sp³-hybridized carbons (Fsp3) is 0.333. The van der Waals surface area contributed by atoms with E-state index >= 15 is 0 Å². The number of thioether (sulfide) groups is 1. The molecule has 4 N–H and O–H groups in total. The first-order valence-corrected chi connectivity index (χ1v) is 10.2. The molecule has 1 aliphatic heterocycles. The largest absolute Gasteiger partial charge is 0.368 e. The van der Waals surface area contributed by atoms with Crippen molar-refractivity contribution in [2.24, 2.45) is 17.4 Å². The van der Waals surface area contributed by atoms with E-state index in [1.54, 1.807) is 0 Å².